The van der Waals surface area contributed by atoms with Gasteiger partial charge in [0.2, 0.25) is 0 Å². The van der Waals surface area contributed by atoms with Crippen LogP contribution in [0.4, 0.5) is 0 Å². The Morgan fingerprint density at radius 1 is 1.50 bits per heavy atom. The number of carbonyl (C=O) groups is 2. The number of carbonyl (C=O) groups excluding carboxylic acids is 2. The molecule has 1 heterocycles. The maximum atomic E-state index is 11.3. The predicted molar refractivity (Wildman–Crippen MR) is 55.4 cm³/mol. The first kappa shape index (κ1) is 12.4. The SMILES string of the molecule is CC=CC(=O)OC=C(C)C(=O)OCC1CO1. The average Bonchev–Trinajstić information content (AvgIpc) is 3.06. The Balaban J connectivity index is 2.29. The molecule has 16 heavy (non-hydrogen) atoms. The highest BCUT2D eigenvalue weighted by Gasteiger charge is 2.24. The lowest BCUT2D eigenvalue weighted by Gasteiger charge is -2.02. The average molecular weight is 226 g/mol. The Bertz CT molecular complexity index is 325. The molecule has 0 saturated carbocycles. The van der Waals surface area contributed by atoms with Crippen molar-refractivity contribution < 1.29 is 23.8 Å². The number of esters is 2. The van der Waals surface area contributed by atoms with Crippen LogP contribution in [0.15, 0.2) is 24.0 Å². The Kier molecular flexibility index (Phi) is 4.72. The summed E-state index contributed by atoms with van der Waals surface area (Å²) in [6.45, 7) is 4.08. The molecular weight excluding hydrogens is 212 g/mol. The zero-order valence-electron chi connectivity index (χ0n) is 9.26. The molecule has 88 valence electrons. The van der Waals surface area contributed by atoms with E-state index in [1.165, 1.54) is 13.0 Å². The second-order valence-electron chi connectivity index (χ2n) is 3.29. The summed E-state index contributed by atoms with van der Waals surface area (Å²) in [4.78, 5) is 22.2. The molecule has 0 aromatic rings. The van der Waals surface area contributed by atoms with Crippen LogP contribution in [0.25, 0.3) is 0 Å². The first-order valence-electron chi connectivity index (χ1n) is 4.92. The Labute approximate surface area is 93.7 Å². The second kappa shape index (κ2) is 6.07. The summed E-state index contributed by atoms with van der Waals surface area (Å²) in [6, 6.07) is 0. The van der Waals surface area contributed by atoms with Crippen molar-refractivity contribution in [1.82, 2.24) is 0 Å². The van der Waals surface area contributed by atoms with Gasteiger partial charge in [0.15, 0.2) is 0 Å². The molecule has 5 heteroatoms. The van der Waals surface area contributed by atoms with Crippen molar-refractivity contribution in [3.05, 3.63) is 24.0 Å². The minimum Gasteiger partial charge on any atom is -0.459 e. The highest BCUT2D eigenvalue weighted by atomic mass is 16.6. The van der Waals surface area contributed by atoms with Crippen molar-refractivity contribution in [2.45, 2.75) is 20.0 Å². The summed E-state index contributed by atoms with van der Waals surface area (Å²) < 4.78 is 14.4. The molecule has 0 spiro atoms. The quantitative estimate of drug-likeness (QED) is 0.302. The van der Waals surface area contributed by atoms with Crippen LogP contribution in [0.3, 0.4) is 0 Å². The topological polar surface area (TPSA) is 65.1 Å². The van der Waals surface area contributed by atoms with Gasteiger partial charge in [-0.15, -0.1) is 0 Å². The van der Waals surface area contributed by atoms with E-state index in [-0.39, 0.29) is 18.3 Å². The standard InChI is InChI=1S/C11H14O5/c1-3-4-10(12)15-5-8(2)11(13)16-7-9-6-14-9/h3-5,9H,6-7H2,1-2H3. The molecule has 1 rings (SSSR count). The third-order valence-corrected chi connectivity index (χ3v) is 1.78. The molecule has 0 radical (unpaired) electrons. The number of rotatable bonds is 5. The van der Waals surface area contributed by atoms with E-state index in [0.717, 1.165) is 6.26 Å². The van der Waals surface area contributed by atoms with Crippen molar-refractivity contribution >= 4 is 11.9 Å². The van der Waals surface area contributed by atoms with E-state index >= 15 is 0 Å². The minimum atomic E-state index is -0.528. The van der Waals surface area contributed by atoms with Crippen molar-refractivity contribution in [3.8, 4) is 0 Å². The van der Waals surface area contributed by atoms with Crippen LogP contribution in [0.5, 0.6) is 0 Å². The fourth-order valence-corrected chi connectivity index (χ4v) is 0.817. The van der Waals surface area contributed by atoms with Gasteiger partial charge in [-0.25, -0.2) is 9.59 Å². The molecule has 1 fully saturated rings. The molecule has 1 aliphatic heterocycles. The smallest absolute Gasteiger partial charge is 0.336 e. The van der Waals surface area contributed by atoms with E-state index in [2.05, 4.69) is 4.74 Å². The third-order valence-electron chi connectivity index (χ3n) is 1.78. The van der Waals surface area contributed by atoms with Gasteiger partial charge >= 0.3 is 11.9 Å². The van der Waals surface area contributed by atoms with E-state index in [9.17, 15) is 9.59 Å². The largest absolute Gasteiger partial charge is 0.459 e. The molecule has 0 aliphatic carbocycles. The number of hydrogen-bond acceptors (Lipinski definition) is 5. The maximum absolute atomic E-state index is 11.3. The summed E-state index contributed by atoms with van der Waals surface area (Å²) >= 11 is 0. The van der Waals surface area contributed by atoms with Crippen LogP contribution in [-0.2, 0) is 23.8 Å². The first-order valence-corrected chi connectivity index (χ1v) is 4.92. The summed E-state index contributed by atoms with van der Waals surface area (Å²) in [6.07, 6.45) is 3.92. The van der Waals surface area contributed by atoms with Crippen molar-refractivity contribution in [2.75, 3.05) is 13.2 Å². The van der Waals surface area contributed by atoms with Crippen LogP contribution in [-0.4, -0.2) is 31.3 Å². The number of hydrogen-bond donors (Lipinski definition) is 0. The number of ether oxygens (including phenoxy) is 3. The zero-order chi connectivity index (χ0) is 12.0. The molecule has 0 amide bonds. The summed E-state index contributed by atoms with van der Waals surface area (Å²) in [5.41, 5.74) is 0.235. The van der Waals surface area contributed by atoms with Crippen LogP contribution in [0.2, 0.25) is 0 Å². The van der Waals surface area contributed by atoms with E-state index in [1.54, 1.807) is 13.0 Å². The summed E-state index contributed by atoms with van der Waals surface area (Å²) in [5.74, 6) is -1.04. The summed E-state index contributed by atoms with van der Waals surface area (Å²) in [7, 11) is 0. The molecular formula is C11H14O5. The van der Waals surface area contributed by atoms with Crippen LogP contribution < -0.4 is 0 Å². The van der Waals surface area contributed by atoms with Crippen LogP contribution in [0.1, 0.15) is 13.8 Å². The fourth-order valence-electron chi connectivity index (χ4n) is 0.817. The normalized spacial score (nSPS) is 19.6. The second-order valence-corrected chi connectivity index (χ2v) is 3.29. The van der Waals surface area contributed by atoms with Gasteiger partial charge in [-0.2, -0.15) is 0 Å². The van der Waals surface area contributed by atoms with Gasteiger partial charge in [0.05, 0.1) is 12.2 Å². The molecule has 0 bridgehead atoms. The Morgan fingerprint density at radius 3 is 2.75 bits per heavy atom. The zero-order valence-corrected chi connectivity index (χ0v) is 9.26. The lowest BCUT2D eigenvalue weighted by Crippen LogP contribution is -2.11. The van der Waals surface area contributed by atoms with Gasteiger partial charge < -0.3 is 14.2 Å². The monoisotopic (exact) mass is 226 g/mol. The predicted octanol–water partition coefficient (Wildman–Crippen LogP) is 0.952. The molecule has 1 unspecified atom stereocenters. The molecule has 1 saturated heterocycles. The van der Waals surface area contributed by atoms with E-state index in [1.807, 2.05) is 0 Å². The van der Waals surface area contributed by atoms with Gasteiger partial charge in [-0.05, 0) is 13.8 Å². The van der Waals surface area contributed by atoms with Crippen molar-refractivity contribution in [1.29, 1.82) is 0 Å². The highest BCUT2D eigenvalue weighted by Crippen LogP contribution is 2.09. The third kappa shape index (κ3) is 4.75. The Morgan fingerprint density at radius 2 is 2.19 bits per heavy atom. The highest BCUT2D eigenvalue weighted by molar-refractivity contribution is 5.88. The van der Waals surface area contributed by atoms with Gasteiger partial charge in [0, 0.05) is 6.08 Å². The van der Waals surface area contributed by atoms with Crippen molar-refractivity contribution in [3.63, 3.8) is 0 Å². The van der Waals surface area contributed by atoms with Gasteiger partial charge in [0.1, 0.15) is 19.0 Å². The lowest BCUT2D eigenvalue weighted by atomic mass is 10.3. The van der Waals surface area contributed by atoms with Crippen LogP contribution in [0, 0.1) is 0 Å². The molecule has 0 aromatic heterocycles. The minimum absolute atomic E-state index is 0.0299. The van der Waals surface area contributed by atoms with Crippen LogP contribution >= 0.6 is 0 Å². The summed E-state index contributed by atoms with van der Waals surface area (Å²) in [5, 5.41) is 0. The van der Waals surface area contributed by atoms with Gasteiger partial charge in [-0.1, -0.05) is 6.08 Å². The molecule has 1 atom stereocenters. The first-order chi connectivity index (χ1) is 7.63. The maximum Gasteiger partial charge on any atom is 0.336 e. The molecule has 5 nitrogen and oxygen atoms in total. The van der Waals surface area contributed by atoms with Gasteiger partial charge in [-0.3, -0.25) is 0 Å². The molecule has 0 N–H and O–H groups in total. The van der Waals surface area contributed by atoms with E-state index in [4.69, 9.17) is 9.47 Å². The fraction of sp³-hybridized carbons (Fsp3) is 0.455. The molecule has 0 aromatic carbocycles. The lowest BCUT2D eigenvalue weighted by molar-refractivity contribution is -0.139. The number of allylic oxidation sites excluding steroid dienone is 1. The van der Waals surface area contributed by atoms with E-state index in [0.29, 0.717) is 6.61 Å². The molecule has 1 aliphatic rings. The van der Waals surface area contributed by atoms with E-state index < -0.39 is 11.9 Å². The Hall–Kier alpha value is -1.62. The number of epoxide rings is 1. The van der Waals surface area contributed by atoms with Crippen molar-refractivity contribution in [2.24, 2.45) is 0 Å². The van der Waals surface area contributed by atoms with Gasteiger partial charge in [0.25, 0.3) is 0 Å².